The van der Waals surface area contributed by atoms with Gasteiger partial charge in [0.1, 0.15) is 5.76 Å². The Morgan fingerprint density at radius 2 is 1.86 bits per heavy atom. The summed E-state index contributed by atoms with van der Waals surface area (Å²) in [6.45, 7) is 6.24. The van der Waals surface area contributed by atoms with Crippen LogP contribution in [0.2, 0.25) is 0 Å². The average Bonchev–Trinajstić information content (AvgIpc) is 3.05. The first kappa shape index (κ1) is 13.6. The van der Waals surface area contributed by atoms with E-state index in [9.17, 15) is 0 Å². The van der Waals surface area contributed by atoms with Gasteiger partial charge in [-0.3, -0.25) is 4.68 Å². The Morgan fingerprint density at radius 3 is 2.52 bits per heavy atom. The van der Waals surface area contributed by atoms with Crippen molar-refractivity contribution in [3.63, 3.8) is 0 Å². The molecule has 110 valence electrons. The highest BCUT2D eigenvalue weighted by Gasteiger charge is 2.15. The number of nitrogens with zero attached hydrogens (tertiary/aromatic N) is 1. The van der Waals surface area contributed by atoms with E-state index < -0.39 is 0 Å². The standard InChI is InChI=1S/C17H20N2O2/c1-11-8-9-12(2)19(11)18-13(3)16-10-14-6-5-7-15(20-4)17(14)21-16/h5-10,13,18H,1-4H3. The maximum absolute atomic E-state index is 5.98. The second-order valence-corrected chi connectivity index (χ2v) is 5.33. The van der Waals surface area contributed by atoms with Crippen LogP contribution in [0.5, 0.6) is 5.75 Å². The summed E-state index contributed by atoms with van der Waals surface area (Å²) < 4.78 is 13.4. The van der Waals surface area contributed by atoms with E-state index in [1.165, 1.54) is 11.4 Å². The van der Waals surface area contributed by atoms with E-state index in [4.69, 9.17) is 9.15 Å². The fourth-order valence-corrected chi connectivity index (χ4v) is 2.56. The third-order valence-electron chi connectivity index (χ3n) is 3.77. The topological polar surface area (TPSA) is 39.3 Å². The maximum atomic E-state index is 5.98. The van der Waals surface area contributed by atoms with Crippen molar-refractivity contribution in [3.8, 4) is 5.75 Å². The van der Waals surface area contributed by atoms with Gasteiger partial charge in [0.05, 0.1) is 13.2 Å². The van der Waals surface area contributed by atoms with Gasteiger partial charge in [-0.15, -0.1) is 0 Å². The molecule has 0 aliphatic heterocycles. The summed E-state index contributed by atoms with van der Waals surface area (Å²) in [7, 11) is 1.66. The number of rotatable bonds is 4. The smallest absolute Gasteiger partial charge is 0.176 e. The van der Waals surface area contributed by atoms with Gasteiger partial charge in [0.2, 0.25) is 0 Å². The molecule has 1 N–H and O–H groups in total. The van der Waals surface area contributed by atoms with Crippen molar-refractivity contribution < 1.29 is 9.15 Å². The van der Waals surface area contributed by atoms with E-state index in [0.717, 1.165) is 22.5 Å². The monoisotopic (exact) mass is 284 g/mol. The minimum Gasteiger partial charge on any atom is -0.493 e. The zero-order valence-corrected chi connectivity index (χ0v) is 12.8. The van der Waals surface area contributed by atoms with Crippen molar-refractivity contribution in [3.05, 3.63) is 53.5 Å². The van der Waals surface area contributed by atoms with Crippen LogP contribution in [0.1, 0.15) is 30.1 Å². The number of ether oxygens (including phenoxy) is 1. The molecule has 1 atom stereocenters. The summed E-state index contributed by atoms with van der Waals surface area (Å²) in [6, 6.07) is 12.2. The summed E-state index contributed by atoms with van der Waals surface area (Å²) in [5, 5.41) is 1.05. The Bertz CT molecular complexity index is 751. The second-order valence-electron chi connectivity index (χ2n) is 5.33. The largest absolute Gasteiger partial charge is 0.493 e. The van der Waals surface area contributed by atoms with E-state index >= 15 is 0 Å². The van der Waals surface area contributed by atoms with Crippen LogP contribution >= 0.6 is 0 Å². The Labute approximate surface area is 124 Å². The number of aryl methyl sites for hydroxylation is 2. The van der Waals surface area contributed by atoms with Crippen molar-refractivity contribution in [1.82, 2.24) is 4.68 Å². The SMILES string of the molecule is COc1cccc2cc(C(C)Nn3c(C)ccc3C)oc12. The molecule has 3 rings (SSSR count). The normalized spacial score (nSPS) is 12.6. The molecule has 0 aliphatic carbocycles. The van der Waals surface area contributed by atoms with Crippen LogP contribution in [0, 0.1) is 13.8 Å². The van der Waals surface area contributed by atoms with Crippen molar-refractivity contribution in [2.75, 3.05) is 12.5 Å². The molecule has 0 aliphatic rings. The minimum absolute atomic E-state index is 0.0620. The Balaban J connectivity index is 1.93. The van der Waals surface area contributed by atoms with Crippen molar-refractivity contribution in [1.29, 1.82) is 0 Å². The van der Waals surface area contributed by atoms with Gasteiger partial charge in [-0.05, 0) is 45.0 Å². The molecule has 4 nitrogen and oxygen atoms in total. The molecule has 1 unspecified atom stereocenters. The molecule has 3 aromatic rings. The number of nitrogens with one attached hydrogen (secondary N) is 1. The zero-order valence-electron chi connectivity index (χ0n) is 12.8. The molecule has 2 aromatic heterocycles. The minimum atomic E-state index is 0.0620. The molecule has 0 bridgehead atoms. The lowest BCUT2D eigenvalue weighted by atomic mass is 10.2. The lowest BCUT2D eigenvalue weighted by Gasteiger charge is -2.17. The van der Waals surface area contributed by atoms with E-state index in [-0.39, 0.29) is 6.04 Å². The van der Waals surface area contributed by atoms with E-state index in [2.05, 4.69) is 49.1 Å². The number of hydrogen-bond acceptors (Lipinski definition) is 3. The lowest BCUT2D eigenvalue weighted by Crippen LogP contribution is -2.20. The number of aromatic nitrogens is 1. The summed E-state index contributed by atoms with van der Waals surface area (Å²) in [5.41, 5.74) is 6.60. The Kier molecular flexibility index (Phi) is 3.37. The molecule has 0 amide bonds. The highest BCUT2D eigenvalue weighted by atomic mass is 16.5. The summed E-state index contributed by atoms with van der Waals surface area (Å²) in [6.07, 6.45) is 0. The van der Waals surface area contributed by atoms with Gasteiger partial charge in [-0.25, -0.2) is 0 Å². The number of furan rings is 1. The third-order valence-corrected chi connectivity index (χ3v) is 3.77. The average molecular weight is 284 g/mol. The predicted octanol–water partition coefficient (Wildman–Crippen LogP) is 4.16. The molecule has 4 heteroatoms. The molecule has 0 fully saturated rings. The first-order valence-electron chi connectivity index (χ1n) is 7.08. The summed E-state index contributed by atoms with van der Waals surface area (Å²) >= 11 is 0. The molecule has 0 spiro atoms. The van der Waals surface area contributed by atoms with E-state index in [1.54, 1.807) is 7.11 Å². The number of benzene rings is 1. The highest BCUT2D eigenvalue weighted by molar-refractivity contribution is 5.83. The van der Waals surface area contributed by atoms with Crippen LogP contribution in [-0.4, -0.2) is 11.8 Å². The number of para-hydroxylation sites is 1. The van der Waals surface area contributed by atoms with Crippen LogP contribution in [0.25, 0.3) is 11.0 Å². The molecule has 2 heterocycles. The van der Waals surface area contributed by atoms with Gasteiger partial charge >= 0.3 is 0 Å². The summed E-state index contributed by atoms with van der Waals surface area (Å²) in [4.78, 5) is 0. The van der Waals surface area contributed by atoms with Crippen LogP contribution in [-0.2, 0) is 0 Å². The van der Waals surface area contributed by atoms with Crippen molar-refractivity contribution in [2.45, 2.75) is 26.8 Å². The van der Waals surface area contributed by atoms with Crippen LogP contribution in [0.15, 0.2) is 40.8 Å². The van der Waals surface area contributed by atoms with Gasteiger partial charge in [-0.2, -0.15) is 0 Å². The Hall–Kier alpha value is -2.36. The first-order valence-corrected chi connectivity index (χ1v) is 7.08. The molecule has 0 saturated carbocycles. The van der Waals surface area contributed by atoms with Gasteiger partial charge in [0.25, 0.3) is 0 Å². The van der Waals surface area contributed by atoms with E-state index in [1.807, 2.05) is 18.2 Å². The first-order chi connectivity index (χ1) is 10.1. The van der Waals surface area contributed by atoms with E-state index in [0.29, 0.717) is 0 Å². The van der Waals surface area contributed by atoms with Crippen molar-refractivity contribution >= 4 is 11.0 Å². The zero-order chi connectivity index (χ0) is 15.0. The number of hydrogen-bond donors (Lipinski definition) is 1. The fraction of sp³-hybridized carbons (Fsp3) is 0.294. The number of fused-ring (bicyclic) bond motifs is 1. The van der Waals surface area contributed by atoms with Crippen molar-refractivity contribution in [2.24, 2.45) is 0 Å². The summed E-state index contributed by atoms with van der Waals surface area (Å²) in [5.74, 6) is 1.65. The van der Waals surface area contributed by atoms with Gasteiger partial charge in [-0.1, -0.05) is 12.1 Å². The molecule has 0 radical (unpaired) electrons. The van der Waals surface area contributed by atoms with Gasteiger partial charge in [0.15, 0.2) is 11.3 Å². The van der Waals surface area contributed by atoms with Crippen LogP contribution in [0.4, 0.5) is 0 Å². The van der Waals surface area contributed by atoms with Crippen LogP contribution < -0.4 is 10.2 Å². The molecule has 1 aromatic carbocycles. The molecular weight excluding hydrogens is 264 g/mol. The predicted molar refractivity (Wildman–Crippen MR) is 84.4 cm³/mol. The number of methoxy groups -OCH3 is 1. The maximum Gasteiger partial charge on any atom is 0.176 e. The fourth-order valence-electron chi connectivity index (χ4n) is 2.56. The van der Waals surface area contributed by atoms with Gasteiger partial charge in [0, 0.05) is 16.8 Å². The molecule has 0 saturated heterocycles. The van der Waals surface area contributed by atoms with Gasteiger partial charge < -0.3 is 14.6 Å². The third kappa shape index (κ3) is 2.37. The Morgan fingerprint density at radius 1 is 1.14 bits per heavy atom. The quantitative estimate of drug-likeness (QED) is 0.781. The highest BCUT2D eigenvalue weighted by Crippen LogP contribution is 2.31. The lowest BCUT2D eigenvalue weighted by molar-refractivity contribution is 0.405. The molecule has 21 heavy (non-hydrogen) atoms. The molecular formula is C17H20N2O2. The van der Waals surface area contributed by atoms with Crippen LogP contribution in [0.3, 0.4) is 0 Å². The second kappa shape index (κ2) is 5.20.